The van der Waals surface area contributed by atoms with Gasteiger partial charge in [0, 0.05) is 17.0 Å². The van der Waals surface area contributed by atoms with Crippen LogP contribution in [0.3, 0.4) is 0 Å². The quantitative estimate of drug-likeness (QED) is 0.781. The van der Waals surface area contributed by atoms with E-state index in [-0.39, 0.29) is 18.0 Å². The maximum atomic E-state index is 12.1. The minimum atomic E-state index is -0.332. The van der Waals surface area contributed by atoms with Crippen molar-refractivity contribution in [2.24, 2.45) is 0 Å². The van der Waals surface area contributed by atoms with Crippen molar-refractivity contribution in [2.75, 3.05) is 5.32 Å². The van der Waals surface area contributed by atoms with Gasteiger partial charge >= 0.3 is 0 Å². The SMILES string of the molecule is Cc1csc(NC(=O)Cn2nc(-c3ccc(C)c(C)c3)ccc2=O)n1. The number of hydrogen-bond donors (Lipinski definition) is 1. The number of carbonyl (C=O) groups is 1. The normalized spacial score (nSPS) is 10.7. The third-order valence-electron chi connectivity index (χ3n) is 3.83. The molecule has 1 aromatic carbocycles. The third kappa shape index (κ3) is 4.00. The summed E-state index contributed by atoms with van der Waals surface area (Å²) in [6.45, 7) is 5.76. The number of thiazole rings is 1. The van der Waals surface area contributed by atoms with Gasteiger partial charge in [-0.1, -0.05) is 12.1 Å². The standard InChI is InChI=1S/C18H18N4O2S/c1-11-4-5-14(8-12(11)2)15-6-7-17(24)22(21-15)9-16(23)20-18-19-13(3)10-25-18/h4-8,10H,9H2,1-3H3,(H,19,20,23). The summed E-state index contributed by atoms with van der Waals surface area (Å²) in [5, 5.41) is 9.37. The third-order valence-corrected chi connectivity index (χ3v) is 4.70. The van der Waals surface area contributed by atoms with Crippen LogP contribution in [0.15, 0.2) is 40.5 Å². The minimum Gasteiger partial charge on any atom is -0.300 e. The van der Waals surface area contributed by atoms with Gasteiger partial charge in [0.15, 0.2) is 5.13 Å². The number of benzene rings is 1. The monoisotopic (exact) mass is 354 g/mol. The summed E-state index contributed by atoms with van der Waals surface area (Å²) in [6, 6.07) is 9.09. The number of nitrogens with one attached hydrogen (secondary N) is 1. The van der Waals surface area contributed by atoms with Crippen molar-refractivity contribution < 1.29 is 4.79 Å². The second-order valence-electron chi connectivity index (χ2n) is 5.86. The predicted octanol–water partition coefficient (Wildman–Crippen LogP) is 2.93. The van der Waals surface area contributed by atoms with E-state index >= 15 is 0 Å². The Labute approximate surface area is 149 Å². The first-order valence-corrected chi connectivity index (χ1v) is 8.68. The summed E-state index contributed by atoms with van der Waals surface area (Å²) in [7, 11) is 0. The van der Waals surface area contributed by atoms with Crippen molar-refractivity contribution in [3.8, 4) is 11.3 Å². The number of anilines is 1. The molecule has 3 aromatic rings. The van der Waals surface area contributed by atoms with E-state index in [1.807, 2.05) is 44.4 Å². The summed E-state index contributed by atoms with van der Waals surface area (Å²) >= 11 is 1.34. The molecule has 0 spiro atoms. The molecule has 0 bridgehead atoms. The molecule has 3 rings (SSSR count). The van der Waals surface area contributed by atoms with E-state index in [0.717, 1.165) is 16.8 Å². The molecule has 0 unspecified atom stereocenters. The highest BCUT2D eigenvalue weighted by molar-refractivity contribution is 7.13. The summed E-state index contributed by atoms with van der Waals surface area (Å²) in [6.07, 6.45) is 0. The lowest BCUT2D eigenvalue weighted by Crippen LogP contribution is -2.29. The fourth-order valence-corrected chi connectivity index (χ4v) is 3.03. The zero-order valence-corrected chi connectivity index (χ0v) is 15.1. The first-order valence-electron chi connectivity index (χ1n) is 7.80. The molecule has 1 N–H and O–H groups in total. The van der Waals surface area contributed by atoms with Gasteiger partial charge < -0.3 is 5.32 Å². The van der Waals surface area contributed by atoms with E-state index in [1.54, 1.807) is 6.07 Å². The predicted molar refractivity (Wildman–Crippen MR) is 98.9 cm³/mol. The van der Waals surface area contributed by atoms with Crippen molar-refractivity contribution in [1.82, 2.24) is 14.8 Å². The Morgan fingerprint density at radius 2 is 1.96 bits per heavy atom. The largest absolute Gasteiger partial charge is 0.300 e. The smallest absolute Gasteiger partial charge is 0.267 e. The Bertz CT molecular complexity index is 991. The van der Waals surface area contributed by atoms with E-state index in [4.69, 9.17) is 0 Å². The van der Waals surface area contributed by atoms with Crippen molar-refractivity contribution >= 4 is 22.4 Å². The highest BCUT2D eigenvalue weighted by Crippen LogP contribution is 2.19. The van der Waals surface area contributed by atoms with E-state index in [0.29, 0.717) is 10.8 Å². The zero-order chi connectivity index (χ0) is 18.0. The second-order valence-corrected chi connectivity index (χ2v) is 6.71. The fraction of sp³-hybridized carbons (Fsp3) is 0.222. The highest BCUT2D eigenvalue weighted by atomic mass is 32.1. The molecule has 0 aliphatic carbocycles. The summed E-state index contributed by atoms with van der Waals surface area (Å²) < 4.78 is 1.17. The number of rotatable bonds is 4. The molecule has 0 aliphatic rings. The van der Waals surface area contributed by atoms with Gasteiger partial charge in [0.2, 0.25) is 5.91 Å². The second kappa shape index (κ2) is 6.98. The van der Waals surface area contributed by atoms with Gasteiger partial charge in [-0.3, -0.25) is 9.59 Å². The van der Waals surface area contributed by atoms with Crippen molar-refractivity contribution in [3.05, 3.63) is 62.9 Å². The lowest BCUT2D eigenvalue weighted by Gasteiger charge is -2.08. The first kappa shape index (κ1) is 17.0. The number of carbonyl (C=O) groups excluding carboxylic acids is 1. The van der Waals surface area contributed by atoms with Gasteiger partial charge in [-0.25, -0.2) is 9.67 Å². The highest BCUT2D eigenvalue weighted by Gasteiger charge is 2.10. The number of hydrogen-bond acceptors (Lipinski definition) is 5. The molecule has 0 fully saturated rings. The number of nitrogens with zero attached hydrogens (tertiary/aromatic N) is 3. The Hall–Kier alpha value is -2.80. The number of amides is 1. The average molecular weight is 354 g/mol. The molecular formula is C18H18N4O2S. The topological polar surface area (TPSA) is 76.9 Å². The van der Waals surface area contributed by atoms with Crippen molar-refractivity contribution in [2.45, 2.75) is 27.3 Å². The summed E-state index contributed by atoms with van der Waals surface area (Å²) in [4.78, 5) is 28.3. The molecule has 1 amide bonds. The maximum Gasteiger partial charge on any atom is 0.267 e. The van der Waals surface area contributed by atoms with Crippen LogP contribution in [0, 0.1) is 20.8 Å². The van der Waals surface area contributed by atoms with Crippen LogP contribution in [0.4, 0.5) is 5.13 Å². The van der Waals surface area contributed by atoms with E-state index in [2.05, 4.69) is 15.4 Å². The lowest BCUT2D eigenvalue weighted by atomic mass is 10.0. The molecule has 0 saturated carbocycles. The summed E-state index contributed by atoms with van der Waals surface area (Å²) in [5.41, 5.74) is 4.42. The Morgan fingerprint density at radius 1 is 1.16 bits per heavy atom. The molecule has 25 heavy (non-hydrogen) atoms. The maximum absolute atomic E-state index is 12.1. The molecule has 6 nitrogen and oxygen atoms in total. The van der Waals surface area contributed by atoms with Crippen LogP contribution in [-0.4, -0.2) is 20.7 Å². The Balaban J connectivity index is 1.82. The molecule has 0 saturated heterocycles. The van der Waals surface area contributed by atoms with Crippen LogP contribution in [0.25, 0.3) is 11.3 Å². The van der Waals surface area contributed by atoms with Crippen LogP contribution < -0.4 is 10.9 Å². The van der Waals surface area contributed by atoms with Gasteiger partial charge in [-0.05, 0) is 44.0 Å². The van der Waals surface area contributed by atoms with Gasteiger partial charge in [-0.2, -0.15) is 5.10 Å². The van der Waals surface area contributed by atoms with Gasteiger partial charge in [0.1, 0.15) is 6.54 Å². The van der Waals surface area contributed by atoms with Crippen LogP contribution in [-0.2, 0) is 11.3 Å². The van der Waals surface area contributed by atoms with Gasteiger partial charge in [-0.15, -0.1) is 11.3 Å². The van der Waals surface area contributed by atoms with Crippen LogP contribution >= 0.6 is 11.3 Å². The molecule has 128 valence electrons. The Morgan fingerprint density at radius 3 is 2.64 bits per heavy atom. The lowest BCUT2D eigenvalue weighted by molar-refractivity contribution is -0.117. The number of aryl methyl sites for hydroxylation is 3. The van der Waals surface area contributed by atoms with E-state index in [1.165, 1.54) is 27.6 Å². The molecule has 7 heteroatoms. The molecule has 0 aliphatic heterocycles. The van der Waals surface area contributed by atoms with Crippen molar-refractivity contribution in [3.63, 3.8) is 0 Å². The molecule has 2 aromatic heterocycles. The van der Waals surface area contributed by atoms with E-state index in [9.17, 15) is 9.59 Å². The van der Waals surface area contributed by atoms with E-state index < -0.39 is 0 Å². The van der Waals surface area contributed by atoms with Gasteiger partial charge in [0.05, 0.1) is 11.4 Å². The van der Waals surface area contributed by atoms with Crippen LogP contribution in [0.1, 0.15) is 16.8 Å². The van der Waals surface area contributed by atoms with Crippen LogP contribution in [0.5, 0.6) is 0 Å². The van der Waals surface area contributed by atoms with Crippen molar-refractivity contribution in [1.29, 1.82) is 0 Å². The number of aromatic nitrogens is 3. The summed E-state index contributed by atoms with van der Waals surface area (Å²) in [5.74, 6) is -0.332. The molecule has 2 heterocycles. The van der Waals surface area contributed by atoms with Crippen LogP contribution in [0.2, 0.25) is 0 Å². The zero-order valence-electron chi connectivity index (χ0n) is 14.2. The molecule has 0 radical (unpaired) electrons. The minimum absolute atomic E-state index is 0.157. The fourth-order valence-electron chi connectivity index (χ4n) is 2.32. The first-order chi connectivity index (χ1) is 11.9. The molecular weight excluding hydrogens is 336 g/mol. The van der Waals surface area contributed by atoms with Gasteiger partial charge in [0.25, 0.3) is 5.56 Å². The average Bonchev–Trinajstić information content (AvgIpc) is 2.97. The Kier molecular flexibility index (Phi) is 4.76. The molecule has 0 atom stereocenters.